The van der Waals surface area contributed by atoms with Gasteiger partial charge in [0.05, 0.1) is 0 Å². The summed E-state index contributed by atoms with van der Waals surface area (Å²) < 4.78 is 0. The second-order valence-corrected chi connectivity index (χ2v) is 7.54. The fourth-order valence-corrected chi connectivity index (χ4v) is 4.76. The number of hydrogen-bond donors (Lipinski definition) is 2. The van der Waals surface area contributed by atoms with E-state index >= 15 is 0 Å². The van der Waals surface area contributed by atoms with Gasteiger partial charge >= 0.3 is 0 Å². The van der Waals surface area contributed by atoms with Crippen LogP contribution in [0.3, 0.4) is 0 Å². The summed E-state index contributed by atoms with van der Waals surface area (Å²) in [4.78, 5) is 2.67. The third-order valence-electron chi connectivity index (χ3n) is 6.05. The van der Waals surface area contributed by atoms with Gasteiger partial charge in [-0.1, -0.05) is 19.8 Å². The highest BCUT2D eigenvalue weighted by Crippen LogP contribution is 2.32. The minimum absolute atomic E-state index is 0.787. The van der Waals surface area contributed by atoms with Crippen LogP contribution in [0.2, 0.25) is 0 Å². The highest BCUT2D eigenvalue weighted by atomic mass is 15.1. The minimum atomic E-state index is 0.787. The van der Waals surface area contributed by atoms with Gasteiger partial charge in [0.1, 0.15) is 0 Å². The Kier molecular flexibility index (Phi) is 5.96. The van der Waals surface area contributed by atoms with Gasteiger partial charge in [0.15, 0.2) is 0 Å². The van der Waals surface area contributed by atoms with Gasteiger partial charge in [0, 0.05) is 18.1 Å². The molecule has 21 heavy (non-hydrogen) atoms. The van der Waals surface area contributed by atoms with E-state index in [1.54, 1.807) is 0 Å². The van der Waals surface area contributed by atoms with Gasteiger partial charge in [-0.2, -0.15) is 0 Å². The van der Waals surface area contributed by atoms with Gasteiger partial charge in [0.2, 0.25) is 0 Å². The van der Waals surface area contributed by atoms with Crippen molar-refractivity contribution in [3.63, 3.8) is 0 Å². The molecule has 2 N–H and O–H groups in total. The molecule has 0 radical (unpaired) electrons. The molecule has 2 saturated heterocycles. The zero-order valence-electron chi connectivity index (χ0n) is 13.9. The van der Waals surface area contributed by atoms with Crippen molar-refractivity contribution in [2.45, 2.75) is 82.8 Å². The first-order valence-electron chi connectivity index (χ1n) is 9.58. The Labute approximate surface area is 131 Å². The van der Waals surface area contributed by atoms with E-state index in [-0.39, 0.29) is 0 Å². The molecule has 0 aromatic heterocycles. The largest absolute Gasteiger partial charge is 0.314 e. The molecule has 122 valence electrons. The van der Waals surface area contributed by atoms with Crippen LogP contribution in [0.1, 0.15) is 64.7 Å². The topological polar surface area (TPSA) is 27.3 Å². The normalized spacial score (nSPS) is 35.6. The van der Waals surface area contributed by atoms with E-state index in [1.165, 1.54) is 84.0 Å². The Bertz CT molecular complexity index is 293. The Balaban J connectivity index is 1.42. The van der Waals surface area contributed by atoms with Crippen molar-refractivity contribution in [2.75, 3.05) is 26.2 Å². The van der Waals surface area contributed by atoms with Crippen LogP contribution in [-0.4, -0.2) is 49.2 Å². The van der Waals surface area contributed by atoms with Crippen LogP contribution >= 0.6 is 0 Å². The standard InChI is InChI=1S/C18H35N3/c1-2-3-12-21-13-9-15(10-14-21)20-18-7-4-6-16(18)17-8-5-11-19-17/h15-20H,2-14H2,1H3. The molecule has 1 aliphatic carbocycles. The summed E-state index contributed by atoms with van der Waals surface area (Å²) in [6, 6.07) is 2.40. The van der Waals surface area contributed by atoms with Crippen molar-refractivity contribution in [1.82, 2.24) is 15.5 Å². The number of hydrogen-bond acceptors (Lipinski definition) is 3. The minimum Gasteiger partial charge on any atom is -0.314 e. The van der Waals surface area contributed by atoms with Crippen LogP contribution < -0.4 is 10.6 Å². The monoisotopic (exact) mass is 293 g/mol. The fraction of sp³-hybridized carbons (Fsp3) is 1.00. The predicted octanol–water partition coefficient (Wildman–Crippen LogP) is 2.76. The molecule has 2 aliphatic heterocycles. The summed E-state index contributed by atoms with van der Waals surface area (Å²) in [6.45, 7) is 7.50. The van der Waals surface area contributed by atoms with Gasteiger partial charge in [0.25, 0.3) is 0 Å². The quantitative estimate of drug-likeness (QED) is 0.788. The lowest BCUT2D eigenvalue weighted by Gasteiger charge is -2.36. The van der Waals surface area contributed by atoms with E-state index in [9.17, 15) is 0 Å². The average Bonchev–Trinajstić information content (AvgIpc) is 3.17. The van der Waals surface area contributed by atoms with E-state index in [1.807, 2.05) is 0 Å². The molecule has 3 atom stereocenters. The molecule has 0 aromatic rings. The van der Waals surface area contributed by atoms with Crippen LogP contribution in [0, 0.1) is 5.92 Å². The van der Waals surface area contributed by atoms with E-state index in [4.69, 9.17) is 0 Å². The molecule has 1 saturated carbocycles. The molecule has 3 nitrogen and oxygen atoms in total. The number of piperidine rings is 1. The molecule has 3 rings (SSSR count). The Hall–Kier alpha value is -0.120. The third kappa shape index (κ3) is 4.20. The summed E-state index contributed by atoms with van der Waals surface area (Å²) in [6.07, 6.45) is 12.5. The van der Waals surface area contributed by atoms with Crippen molar-refractivity contribution in [2.24, 2.45) is 5.92 Å². The summed E-state index contributed by atoms with van der Waals surface area (Å²) in [5.74, 6) is 0.908. The lowest BCUT2D eigenvalue weighted by atomic mass is 9.91. The van der Waals surface area contributed by atoms with Crippen molar-refractivity contribution in [1.29, 1.82) is 0 Å². The zero-order chi connectivity index (χ0) is 14.5. The van der Waals surface area contributed by atoms with Crippen LogP contribution in [0.15, 0.2) is 0 Å². The summed E-state index contributed by atoms with van der Waals surface area (Å²) in [5, 5.41) is 7.80. The molecule has 0 spiro atoms. The first kappa shape index (κ1) is 15.8. The first-order valence-corrected chi connectivity index (χ1v) is 9.58. The number of nitrogens with zero attached hydrogens (tertiary/aromatic N) is 1. The highest BCUT2D eigenvalue weighted by molar-refractivity contribution is 4.95. The lowest BCUT2D eigenvalue weighted by Crippen LogP contribution is -2.50. The number of unbranched alkanes of at least 4 members (excludes halogenated alkanes) is 1. The van der Waals surface area contributed by atoms with Crippen LogP contribution in [-0.2, 0) is 0 Å². The first-order chi connectivity index (χ1) is 10.4. The van der Waals surface area contributed by atoms with E-state index in [2.05, 4.69) is 22.5 Å². The van der Waals surface area contributed by atoms with E-state index in [0.29, 0.717) is 0 Å². The number of likely N-dealkylation sites (tertiary alicyclic amines) is 1. The molecule has 0 aromatic carbocycles. The smallest absolute Gasteiger partial charge is 0.0113 e. The highest BCUT2D eigenvalue weighted by Gasteiger charge is 2.36. The van der Waals surface area contributed by atoms with Crippen molar-refractivity contribution >= 4 is 0 Å². The molecule has 2 heterocycles. The molecule has 3 heteroatoms. The summed E-state index contributed by atoms with van der Waals surface area (Å²) >= 11 is 0. The average molecular weight is 293 g/mol. The predicted molar refractivity (Wildman–Crippen MR) is 89.7 cm³/mol. The lowest BCUT2D eigenvalue weighted by molar-refractivity contribution is 0.179. The second kappa shape index (κ2) is 7.94. The fourth-order valence-electron chi connectivity index (χ4n) is 4.76. The van der Waals surface area contributed by atoms with Crippen LogP contribution in [0.25, 0.3) is 0 Å². The Morgan fingerprint density at radius 3 is 2.62 bits per heavy atom. The van der Waals surface area contributed by atoms with Crippen LogP contribution in [0.5, 0.6) is 0 Å². The summed E-state index contributed by atoms with van der Waals surface area (Å²) in [5.41, 5.74) is 0. The van der Waals surface area contributed by atoms with Crippen molar-refractivity contribution < 1.29 is 0 Å². The zero-order valence-corrected chi connectivity index (χ0v) is 13.9. The molecule has 3 unspecified atom stereocenters. The number of nitrogens with one attached hydrogen (secondary N) is 2. The van der Waals surface area contributed by atoms with Crippen molar-refractivity contribution in [3.05, 3.63) is 0 Å². The van der Waals surface area contributed by atoms with E-state index in [0.717, 1.165) is 24.0 Å². The van der Waals surface area contributed by atoms with Crippen LogP contribution in [0.4, 0.5) is 0 Å². The maximum Gasteiger partial charge on any atom is 0.0113 e. The van der Waals surface area contributed by atoms with E-state index < -0.39 is 0 Å². The molecule has 3 aliphatic rings. The Morgan fingerprint density at radius 2 is 1.90 bits per heavy atom. The third-order valence-corrected chi connectivity index (χ3v) is 6.05. The molecular weight excluding hydrogens is 258 g/mol. The Morgan fingerprint density at radius 1 is 1.05 bits per heavy atom. The van der Waals surface area contributed by atoms with Gasteiger partial charge in [-0.3, -0.25) is 0 Å². The molecule has 3 fully saturated rings. The maximum absolute atomic E-state index is 4.05. The SMILES string of the molecule is CCCCN1CCC(NC2CCCC2C2CCCN2)CC1. The maximum atomic E-state index is 4.05. The van der Waals surface area contributed by atoms with Crippen molar-refractivity contribution in [3.8, 4) is 0 Å². The van der Waals surface area contributed by atoms with Gasteiger partial charge in [-0.05, 0) is 77.0 Å². The molecular formula is C18H35N3. The molecule has 0 amide bonds. The summed E-state index contributed by atoms with van der Waals surface area (Å²) in [7, 11) is 0. The van der Waals surface area contributed by atoms with Gasteiger partial charge in [-0.15, -0.1) is 0 Å². The van der Waals surface area contributed by atoms with Gasteiger partial charge < -0.3 is 15.5 Å². The second-order valence-electron chi connectivity index (χ2n) is 7.54. The van der Waals surface area contributed by atoms with Gasteiger partial charge in [-0.25, -0.2) is 0 Å². The molecule has 0 bridgehead atoms. The number of rotatable bonds is 6.